The molecule has 0 bridgehead atoms. The normalized spacial score (nSPS) is 11.9. The van der Waals surface area contributed by atoms with Crippen molar-refractivity contribution in [2.75, 3.05) is 39.3 Å². The van der Waals surface area contributed by atoms with Gasteiger partial charge in [-0.2, -0.15) is 0 Å². The molecule has 0 aliphatic carbocycles. The number of hydrogen-bond donors (Lipinski definition) is 1. The van der Waals surface area contributed by atoms with Crippen molar-refractivity contribution >= 4 is 50.7 Å². The van der Waals surface area contributed by atoms with Gasteiger partial charge in [0.1, 0.15) is 24.1 Å². The van der Waals surface area contributed by atoms with Crippen LogP contribution in [0.3, 0.4) is 0 Å². The number of rotatable bonds is 14. The van der Waals surface area contributed by atoms with Crippen LogP contribution >= 0.6 is 23.2 Å². The standard InChI is InChI=1S/C31H37Cl2N3O8S/c1-19(2)34-31(38)20(3)35(17-21-8-9-22(32)14-25(21)33)30(37)18-36(26-15-23(41-4)10-12-27(26)42-5)45(39,40)24-11-13-28(43-6)29(16-24)44-7/h8-16,19-20H,17-18H2,1-7H3,(H,34,38)/t20-/m1/s1. The molecule has 0 radical (unpaired) electrons. The Morgan fingerprint density at radius 1 is 0.822 bits per heavy atom. The Hall–Kier alpha value is -3.87. The van der Waals surface area contributed by atoms with Gasteiger partial charge in [0, 0.05) is 34.8 Å². The summed E-state index contributed by atoms with van der Waals surface area (Å²) in [4.78, 5) is 28.5. The Bertz CT molecular complexity index is 1640. The molecule has 3 rings (SSSR count). The van der Waals surface area contributed by atoms with Gasteiger partial charge in [0.15, 0.2) is 11.5 Å². The van der Waals surface area contributed by atoms with Gasteiger partial charge in [-0.25, -0.2) is 8.42 Å². The van der Waals surface area contributed by atoms with E-state index < -0.39 is 34.4 Å². The molecular formula is C31H37Cl2N3O8S. The zero-order valence-corrected chi connectivity index (χ0v) is 28.4. The summed E-state index contributed by atoms with van der Waals surface area (Å²) >= 11 is 12.5. The Morgan fingerprint density at radius 3 is 2.04 bits per heavy atom. The molecule has 2 amide bonds. The molecule has 0 aromatic heterocycles. The monoisotopic (exact) mass is 681 g/mol. The van der Waals surface area contributed by atoms with Gasteiger partial charge in [0.05, 0.1) is 39.0 Å². The summed E-state index contributed by atoms with van der Waals surface area (Å²) in [5.41, 5.74) is 0.538. The molecule has 1 N–H and O–H groups in total. The SMILES string of the molecule is COc1ccc(OC)c(N(CC(=O)N(Cc2ccc(Cl)cc2Cl)[C@H](C)C(=O)NC(C)C)S(=O)(=O)c2ccc(OC)c(OC)c2)c1. The van der Waals surface area contributed by atoms with Gasteiger partial charge in [-0.3, -0.25) is 13.9 Å². The Kier molecular flexibility index (Phi) is 12.2. The van der Waals surface area contributed by atoms with E-state index in [1.165, 1.54) is 69.7 Å². The molecule has 0 unspecified atom stereocenters. The first-order valence-corrected chi connectivity index (χ1v) is 16.0. The molecule has 11 nitrogen and oxygen atoms in total. The fourth-order valence-electron chi connectivity index (χ4n) is 4.43. The van der Waals surface area contributed by atoms with Gasteiger partial charge < -0.3 is 29.2 Å². The molecule has 0 fully saturated rings. The lowest BCUT2D eigenvalue weighted by Crippen LogP contribution is -2.52. The average Bonchev–Trinajstić information content (AvgIpc) is 3.01. The van der Waals surface area contributed by atoms with Crippen molar-refractivity contribution in [1.29, 1.82) is 0 Å². The molecule has 45 heavy (non-hydrogen) atoms. The quantitative estimate of drug-likeness (QED) is 0.247. The number of halogens is 2. The lowest BCUT2D eigenvalue weighted by atomic mass is 10.1. The van der Waals surface area contributed by atoms with E-state index in [1.54, 1.807) is 39.0 Å². The summed E-state index contributed by atoms with van der Waals surface area (Å²) in [5.74, 6) is -0.168. The van der Waals surface area contributed by atoms with Crippen LogP contribution in [0.15, 0.2) is 59.5 Å². The van der Waals surface area contributed by atoms with Crippen molar-refractivity contribution in [3.05, 3.63) is 70.2 Å². The predicted octanol–water partition coefficient (Wildman–Crippen LogP) is 5.17. The summed E-state index contributed by atoms with van der Waals surface area (Å²) in [5, 5.41) is 3.48. The molecule has 1 atom stereocenters. The van der Waals surface area contributed by atoms with Crippen LogP contribution in [-0.2, 0) is 26.2 Å². The van der Waals surface area contributed by atoms with Gasteiger partial charge in [0.25, 0.3) is 10.0 Å². The Balaban J connectivity index is 2.19. The fourth-order valence-corrected chi connectivity index (χ4v) is 6.33. The second-order valence-corrected chi connectivity index (χ2v) is 12.9. The zero-order chi connectivity index (χ0) is 33.5. The van der Waals surface area contributed by atoms with Gasteiger partial charge >= 0.3 is 0 Å². The third-order valence-electron chi connectivity index (χ3n) is 6.83. The van der Waals surface area contributed by atoms with Crippen molar-refractivity contribution in [2.24, 2.45) is 0 Å². The van der Waals surface area contributed by atoms with Crippen LogP contribution < -0.4 is 28.6 Å². The zero-order valence-electron chi connectivity index (χ0n) is 26.1. The van der Waals surface area contributed by atoms with E-state index in [2.05, 4.69) is 5.32 Å². The molecule has 14 heteroatoms. The van der Waals surface area contributed by atoms with Crippen LogP contribution in [0.5, 0.6) is 23.0 Å². The number of methoxy groups -OCH3 is 4. The van der Waals surface area contributed by atoms with E-state index in [9.17, 15) is 18.0 Å². The largest absolute Gasteiger partial charge is 0.497 e. The number of sulfonamides is 1. The molecule has 0 saturated heterocycles. The molecular weight excluding hydrogens is 645 g/mol. The summed E-state index contributed by atoms with van der Waals surface area (Å²) in [6, 6.07) is 12.2. The average molecular weight is 683 g/mol. The lowest BCUT2D eigenvalue weighted by molar-refractivity contribution is -0.139. The molecule has 0 saturated carbocycles. The van der Waals surface area contributed by atoms with Gasteiger partial charge in [-0.15, -0.1) is 0 Å². The highest BCUT2D eigenvalue weighted by Crippen LogP contribution is 2.38. The van der Waals surface area contributed by atoms with Crippen LogP contribution in [0.4, 0.5) is 5.69 Å². The third-order valence-corrected chi connectivity index (χ3v) is 9.17. The summed E-state index contributed by atoms with van der Waals surface area (Å²) in [6.45, 7) is 4.31. The molecule has 244 valence electrons. The second kappa shape index (κ2) is 15.4. The van der Waals surface area contributed by atoms with Crippen molar-refractivity contribution < 1.29 is 37.0 Å². The maximum Gasteiger partial charge on any atom is 0.265 e. The van der Waals surface area contributed by atoms with Gasteiger partial charge in [-0.05, 0) is 62.7 Å². The molecule has 3 aromatic carbocycles. The number of anilines is 1. The van der Waals surface area contributed by atoms with E-state index in [4.69, 9.17) is 42.1 Å². The predicted molar refractivity (Wildman–Crippen MR) is 173 cm³/mol. The van der Waals surface area contributed by atoms with Crippen LogP contribution in [0.2, 0.25) is 10.0 Å². The molecule has 0 spiro atoms. The number of carbonyl (C=O) groups is 2. The smallest absolute Gasteiger partial charge is 0.265 e. The maximum atomic E-state index is 14.4. The highest BCUT2D eigenvalue weighted by Gasteiger charge is 2.35. The first-order chi connectivity index (χ1) is 21.3. The van der Waals surface area contributed by atoms with Crippen LogP contribution in [0, 0.1) is 0 Å². The lowest BCUT2D eigenvalue weighted by Gasteiger charge is -2.33. The number of carbonyl (C=O) groups excluding carboxylic acids is 2. The number of nitrogens with zero attached hydrogens (tertiary/aromatic N) is 2. The third kappa shape index (κ3) is 8.44. The first kappa shape index (κ1) is 35.6. The Labute approximate surface area is 274 Å². The molecule has 3 aromatic rings. The second-order valence-electron chi connectivity index (χ2n) is 10.2. The highest BCUT2D eigenvalue weighted by molar-refractivity contribution is 7.92. The number of hydrogen-bond acceptors (Lipinski definition) is 8. The van der Waals surface area contributed by atoms with Gasteiger partial charge in [-0.1, -0.05) is 29.3 Å². The van der Waals surface area contributed by atoms with Crippen LogP contribution in [-0.4, -0.2) is 72.2 Å². The molecule has 0 aliphatic rings. The molecule has 0 heterocycles. The van der Waals surface area contributed by atoms with Crippen molar-refractivity contribution in [2.45, 2.75) is 44.3 Å². The minimum Gasteiger partial charge on any atom is -0.497 e. The number of amides is 2. The minimum absolute atomic E-state index is 0.0312. The topological polar surface area (TPSA) is 124 Å². The molecule has 0 aliphatic heterocycles. The number of nitrogens with one attached hydrogen (secondary N) is 1. The van der Waals surface area contributed by atoms with Crippen molar-refractivity contribution in [1.82, 2.24) is 10.2 Å². The van der Waals surface area contributed by atoms with Crippen LogP contribution in [0.25, 0.3) is 0 Å². The Morgan fingerprint density at radius 2 is 1.47 bits per heavy atom. The summed E-state index contributed by atoms with van der Waals surface area (Å²) in [7, 11) is 1.13. The van der Waals surface area contributed by atoms with E-state index in [-0.39, 0.29) is 39.7 Å². The maximum absolute atomic E-state index is 14.4. The van der Waals surface area contributed by atoms with E-state index in [0.29, 0.717) is 22.1 Å². The van der Waals surface area contributed by atoms with Gasteiger partial charge in [0.2, 0.25) is 11.8 Å². The van der Waals surface area contributed by atoms with E-state index in [1.807, 2.05) is 0 Å². The fraction of sp³-hybridized carbons (Fsp3) is 0.355. The summed E-state index contributed by atoms with van der Waals surface area (Å²) in [6.07, 6.45) is 0. The summed E-state index contributed by atoms with van der Waals surface area (Å²) < 4.78 is 51.1. The number of benzene rings is 3. The van der Waals surface area contributed by atoms with Crippen LogP contribution in [0.1, 0.15) is 26.3 Å². The van der Waals surface area contributed by atoms with Crippen molar-refractivity contribution in [3.63, 3.8) is 0 Å². The van der Waals surface area contributed by atoms with E-state index >= 15 is 0 Å². The number of ether oxygens (including phenoxy) is 4. The first-order valence-electron chi connectivity index (χ1n) is 13.8. The van der Waals surface area contributed by atoms with Crippen molar-refractivity contribution in [3.8, 4) is 23.0 Å². The van der Waals surface area contributed by atoms with E-state index in [0.717, 1.165) is 4.31 Å². The minimum atomic E-state index is -4.48. The highest BCUT2D eigenvalue weighted by atomic mass is 35.5.